The number of phenols is 4. The number of ketones is 2. The molecule has 0 fully saturated rings. The summed E-state index contributed by atoms with van der Waals surface area (Å²) in [6.45, 7) is -0.671. The minimum atomic E-state index is -1.07. The Labute approximate surface area is 495 Å². The Bertz CT molecular complexity index is 4820. The molecule has 0 bridgehead atoms. The SMILES string of the molecule is COC(=O)c1cccc2oc(-c3cccc4oc(-c5ccccc5O)nc34)nc12.NCC(=O)c1cccc2oc(-c3ccccc3O)nc12.O=C(CO)c1cccc2oc(-c3ccccc3O)nc12.O=C(O)c1cccc2oc(-c3ccccc3O)nc12. The lowest BCUT2D eigenvalue weighted by Gasteiger charge is -1.97. The molecule has 22 nitrogen and oxygen atoms in total. The van der Waals surface area contributed by atoms with Gasteiger partial charge < -0.3 is 63.2 Å². The molecule has 5 aromatic heterocycles. The number of oxazole rings is 5. The van der Waals surface area contributed by atoms with Gasteiger partial charge in [0.05, 0.1) is 52.6 Å². The number of carbonyl (C=O) groups is 4. The predicted octanol–water partition coefficient (Wildman–Crippen LogP) is 12.4. The van der Waals surface area contributed by atoms with Crippen molar-refractivity contribution in [2.75, 3.05) is 20.3 Å². The lowest BCUT2D eigenvalue weighted by atomic mass is 10.1. The lowest BCUT2D eigenvalue weighted by Crippen LogP contribution is -2.13. The number of aromatic nitrogens is 5. The van der Waals surface area contributed by atoms with Crippen LogP contribution < -0.4 is 5.73 Å². The van der Waals surface area contributed by atoms with E-state index in [1.807, 2.05) is 6.07 Å². The average molecular weight is 1180 g/mol. The molecule has 14 aromatic rings. The number of aromatic carboxylic acids is 1. The Kier molecular flexibility index (Phi) is 16.3. The van der Waals surface area contributed by atoms with E-state index in [-0.39, 0.29) is 70.0 Å². The third-order valence-corrected chi connectivity index (χ3v) is 13.4. The monoisotopic (exact) mass is 1180 g/mol. The summed E-state index contributed by atoms with van der Waals surface area (Å²) in [5.74, 6) is -0.652. The number of benzene rings is 9. The summed E-state index contributed by atoms with van der Waals surface area (Å²) in [7, 11) is 1.32. The van der Waals surface area contributed by atoms with E-state index in [0.29, 0.717) is 100 Å². The summed E-state index contributed by atoms with van der Waals surface area (Å²) in [6.07, 6.45) is 0. The highest BCUT2D eigenvalue weighted by Gasteiger charge is 2.23. The van der Waals surface area contributed by atoms with Crippen molar-refractivity contribution in [2.24, 2.45) is 5.73 Å². The maximum Gasteiger partial charge on any atom is 0.340 e. The quantitative estimate of drug-likeness (QED) is 0.0467. The molecule has 0 unspecified atom stereocenters. The first-order chi connectivity index (χ1) is 42.7. The largest absolute Gasteiger partial charge is 0.507 e. The van der Waals surface area contributed by atoms with Crippen molar-refractivity contribution in [1.29, 1.82) is 0 Å². The molecule has 436 valence electrons. The molecule has 0 radical (unpaired) electrons. The van der Waals surface area contributed by atoms with Crippen LogP contribution in [0.1, 0.15) is 41.4 Å². The van der Waals surface area contributed by atoms with Gasteiger partial charge in [-0.15, -0.1) is 0 Å². The van der Waals surface area contributed by atoms with Gasteiger partial charge in [0.2, 0.25) is 29.5 Å². The van der Waals surface area contributed by atoms with Crippen LogP contribution >= 0.6 is 0 Å². The number of phenolic OH excluding ortho intramolecular Hbond substituents is 4. The molecule has 0 aliphatic heterocycles. The fraction of sp³-hybridized carbons (Fsp3) is 0.0455. The Morgan fingerprint density at radius 2 is 0.659 bits per heavy atom. The summed E-state index contributed by atoms with van der Waals surface area (Å²) < 4.78 is 33.2. The number of hydrogen-bond acceptors (Lipinski definition) is 21. The molecule has 0 atom stereocenters. The molecular weight excluding hydrogens is 1130 g/mol. The van der Waals surface area contributed by atoms with Gasteiger partial charge in [-0.3, -0.25) is 9.59 Å². The first-order valence-electron chi connectivity index (χ1n) is 26.5. The highest BCUT2D eigenvalue weighted by molar-refractivity contribution is 6.08. The van der Waals surface area contributed by atoms with E-state index < -0.39 is 24.3 Å². The van der Waals surface area contributed by atoms with Crippen LogP contribution in [0.4, 0.5) is 0 Å². The Hall–Kier alpha value is -12.3. The van der Waals surface area contributed by atoms with Gasteiger partial charge in [0.25, 0.3) is 0 Å². The highest BCUT2D eigenvalue weighted by Crippen LogP contribution is 2.38. The van der Waals surface area contributed by atoms with Crippen LogP contribution in [0.25, 0.3) is 113 Å². The first kappa shape index (κ1) is 57.5. The summed E-state index contributed by atoms with van der Waals surface area (Å²) in [5.41, 5.74) is 13.3. The van der Waals surface area contributed by atoms with Gasteiger partial charge in [-0.05, 0) is 109 Å². The van der Waals surface area contributed by atoms with Gasteiger partial charge in [0.1, 0.15) is 57.2 Å². The molecule has 0 aliphatic carbocycles. The lowest BCUT2D eigenvalue weighted by molar-refractivity contribution is 0.0601. The second-order valence-corrected chi connectivity index (χ2v) is 18.9. The van der Waals surface area contributed by atoms with Crippen molar-refractivity contribution >= 4 is 79.0 Å². The van der Waals surface area contributed by atoms with E-state index in [0.717, 1.165) is 0 Å². The van der Waals surface area contributed by atoms with E-state index >= 15 is 0 Å². The number of methoxy groups -OCH3 is 1. The van der Waals surface area contributed by atoms with Gasteiger partial charge in [-0.2, -0.15) is 0 Å². The van der Waals surface area contributed by atoms with E-state index in [1.54, 1.807) is 164 Å². The van der Waals surface area contributed by atoms with Crippen molar-refractivity contribution < 1.29 is 76.6 Å². The number of para-hydroxylation sites is 9. The number of fused-ring (bicyclic) bond motifs is 5. The number of carboxylic acid groups (broad SMARTS) is 1. The zero-order valence-electron chi connectivity index (χ0n) is 45.9. The molecule has 0 saturated carbocycles. The summed E-state index contributed by atoms with van der Waals surface area (Å²) in [6, 6.07) is 51.9. The van der Waals surface area contributed by atoms with Gasteiger partial charge in [0.15, 0.2) is 39.5 Å². The molecule has 0 saturated heterocycles. The summed E-state index contributed by atoms with van der Waals surface area (Å²) in [5, 5.41) is 57.5. The van der Waals surface area contributed by atoms with Crippen LogP contribution in [-0.4, -0.2) is 99.3 Å². The van der Waals surface area contributed by atoms with Crippen molar-refractivity contribution in [3.63, 3.8) is 0 Å². The summed E-state index contributed by atoms with van der Waals surface area (Å²) in [4.78, 5) is 68.3. The number of hydrogen-bond donors (Lipinski definition) is 7. The van der Waals surface area contributed by atoms with Crippen LogP contribution in [0.15, 0.2) is 210 Å². The topological polar surface area (TPSA) is 355 Å². The number of nitrogens with zero attached hydrogens (tertiary/aromatic N) is 5. The fourth-order valence-corrected chi connectivity index (χ4v) is 9.20. The number of aliphatic hydroxyl groups is 1. The average Bonchev–Trinajstić information content (AvgIpc) is 3.13. The Morgan fingerprint density at radius 3 is 1.01 bits per heavy atom. The summed E-state index contributed by atoms with van der Waals surface area (Å²) >= 11 is 0. The molecule has 22 heteroatoms. The van der Waals surface area contributed by atoms with Gasteiger partial charge in [0, 0.05) is 11.1 Å². The van der Waals surface area contributed by atoms with E-state index in [2.05, 4.69) is 24.9 Å². The van der Waals surface area contributed by atoms with E-state index in [1.165, 1.54) is 25.3 Å². The van der Waals surface area contributed by atoms with Gasteiger partial charge in [-0.25, -0.2) is 34.5 Å². The number of nitrogens with two attached hydrogens (primary N) is 1. The zero-order valence-corrected chi connectivity index (χ0v) is 45.9. The number of carbonyl (C=O) groups excluding carboxylic acids is 3. The van der Waals surface area contributed by atoms with E-state index in [4.69, 9.17) is 42.8 Å². The number of rotatable bonds is 11. The van der Waals surface area contributed by atoms with E-state index in [9.17, 15) is 39.6 Å². The molecule has 0 amide bonds. The number of aliphatic hydroxyl groups excluding tert-OH is 1. The number of Topliss-reactive ketones (excluding diaryl/α,β-unsaturated/α-hetero) is 2. The molecule has 9 aromatic carbocycles. The Balaban J connectivity index is 0.000000123. The Morgan fingerprint density at radius 1 is 0.375 bits per heavy atom. The second-order valence-electron chi connectivity index (χ2n) is 18.9. The van der Waals surface area contributed by atoms with Crippen molar-refractivity contribution in [3.05, 3.63) is 210 Å². The molecule has 0 spiro atoms. The molecular formula is C66H46N6O16. The van der Waals surface area contributed by atoms with Crippen molar-refractivity contribution in [2.45, 2.75) is 0 Å². The third kappa shape index (κ3) is 11.6. The number of ether oxygens (including phenoxy) is 1. The normalized spacial score (nSPS) is 10.9. The minimum Gasteiger partial charge on any atom is -0.507 e. The number of carboxylic acids is 1. The molecule has 5 heterocycles. The standard InChI is InChI=1S/C22H14N2O5.C15H12N2O3.C15H11NO4.C14H9NO4/c1-27-22(26)14-8-5-11-17-19(14)24-21(29-17)13-7-4-10-16-18(13)23-20(28-16)12-6-2-3-9-15(12)25;16-8-12(19)9-5-3-7-13-14(9)17-15(20-13)10-4-1-2-6-11(10)18;17-8-12(19)9-5-3-7-13-14(9)16-15(20-13)10-4-1-2-6-11(10)18;16-10-6-2-1-4-8(10)13-15-12-9(14(17)18)5-3-7-11(12)19-13/h2-11,25H,1H3;1-7,18H,8,16H2;1-7,17-18H,8H2;1-7,16H,(H,17,18). The number of aromatic hydroxyl groups is 4. The molecule has 14 rings (SSSR count). The third-order valence-electron chi connectivity index (χ3n) is 13.4. The smallest absolute Gasteiger partial charge is 0.340 e. The second kappa shape index (κ2) is 24.9. The van der Waals surface area contributed by atoms with Gasteiger partial charge >= 0.3 is 11.9 Å². The number of esters is 1. The maximum absolute atomic E-state index is 12.0. The maximum atomic E-state index is 12.0. The van der Waals surface area contributed by atoms with Crippen LogP contribution in [0.5, 0.6) is 23.0 Å². The zero-order chi connectivity index (χ0) is 61.6. The van der Waals surface area contributed by atoms with Crippen molar-refractivity contribution in [1.82, 2.24) is 24.9 Å². The highest BCUT2D eigenvalue weighted by atomic mass is 16.5. The minimum absolute atomic E-state index is 0.0333. The van der Waals surface area contributed by atoms with Crippen LogP contribution in [-0.2, 0) is 4.74 Å². The van der Waals surface area contributed by atoms with Crippen molar-refractivity contribution in [3.8, 4) is 80.3 Å². The molecule has 0 aliphatic rings. The molecule has 8 N–H and O–H groups in total. The van der Waals surface area contributed by atoms with Crippen LogP contribution in [0.3, 0.4) is 0 Å². The fourth-order valence-electron chi connectivity index (χ4n) is 9.20. The van der Waals surface area contributed by atoms with Crippen LogP contribution in [0.2, 0.25) is 0 Å². The van der Waals surface area contributed by atoms with Gasteiger partial charge in [-0.1, -0.05) is 78.9 Å². The molecule has 88 heavy (non-hydrogen) atoms. The first-order valence-corrected chi connectivity index (χ1v) is 26.5. The van der Waals surface area contributed by atoms with Crippen LogP contribution in [0, 0.1) is 0 Å². The predicted molar refractivity (Wildman–Crippen MR) is 321 cm³/mol.